The number of nitrogen functional groups attached to an aromatic ring is 1. The van der Waals surface area contributed by atoms with E-state index in [9.17, 15) is 5.11 Å². The van der Waals surface area contributed by atoms with Crippen LogP contribution >= 0.6 is 27.3 Å². The number of anilines is 1. The first kappa shape index (κ1) is 12.5. The molecule has 0 aliphatic carbocycles. The number of rotatable bonds is 2. The SMILES string of the molecule is Cc1ccnc(N)c1C(O)c1cc(Br)c(C)s1. The first-order valence-corrected chi connectivity index (χ1v) is 6.76. The Morgan fingerprint density at radius 2 is 2.18 bits per heavy atom. The van der Waals surface area contributed by atoms with Crippen molar-refractivity contribution in [2.75, 3.05) is 5.73 Å². The number of hydrogen-bond donors (Lipinski definition) is 2. The third-order valence-electron chi connectivity index (χ3n) is 2.66. The van der Waals surface area contributed by atoms with E-state index in [-0.39, 0.29) is 0 Å². The highest BCUT2D eigenvalue weighted by molar-refractivity contribution is 9.10. The van der Waals surface area contributed by atoms with E-state index in [4.69, 9.17) is 5.73 Å². The molecule has 0 saturated heterocycles. The van der Waals surface area contributed by atoms with Gasteiger partial charge in [-0.3, -0.25) is 0 Å². The molecule has 90 valence electrons. The van der Waals surface area contributed by atoms with Crippen molar-refractivity contribution in [3.05, 3.63) is 43.7 Å². The Hall–Kier alpha value is -0.910. The van der Waals surface area contributed by atoms with E-state index in [1.807, 2.05) is 26.0 Å². The van der Waals surface area contributed by atoms with Gasteiger partial charge in [0.15, 0.2) is 0 Å². The molecule has 2 heterocycles. The minimum absolute atomic E-state index is 0.389. The molecule has 0 radical (unpaired) electrons. The molecule has 1 unspecified atom stereocenters. The Morgan fingerprint density at radius 3 is 2.71 bits per heavy atom. The predicted molar refractivity (Wildman–Crippen MR) is 74.2 cm³/mol. The van der Waals surface area contributed by atoms with Gasteiger partial charge in [-0.25, -0.2) is 4.98 Å². The fourth-order valence-corrected chi connectivity index (χ4v) is 3.26. The number of hydrogen-bond acceptors (Lipinski definition) is 4. The van der Waals surface area contributed by atoms with Crippen LogP contribution in [0, 0.1) is 13.8 Å². The fourth-order valence-electron chi connectivity index (χ4n) is 1.70. The summed E-state index contributed by atoms with van der Waals surface area (Å²) in [5, 5.41) is 10.4. The first-order valence-electron chi connectivity index (χ1n) is 5.15. The van der Waals surface area contributed by atoms with E-state index in [0.29, 0.717) is 11.4 Å². The van der Waals surface area contributed by atoms with Crippen molar-refractivity contribution in [3.8, 4) is 0 Å². The zero-order valence-electron chi connectivity index (χ0n) is 9.57. The lowest BCUT2D eigenvalue weighted by Gasteiger charge is -2.13. The standard InChI is InChI=1S/C12H13BrN2OS/c1-6-3-4-15-12(14)10(6)11(16)9-5-8(13)7(2)17-9/h3-5,11,16H,1-2H3,(H2,14,15). The molecule has 0 aliphatic heterocycles. The average molecular weight is 313 g/mol. The van der Waals surface area contributed by atoms with Gasteiger partial charge in [0.25, 0.3) is 0 Å². The van der Waals surface area contributed by atoms with Crippen LogP contribution in [0.3, 0.4) is 0 Å². The molecule has 2 aromatic heterocycles. The summed E-state index contributed by atoms with van der Waals surface area (Å²) in [6.07, 6.45) is 0.940. The van der Waals surface area contributed by atoms with Crippen LogP contribution in [-0.2, 0) is 0 Å². The maximum absolute atomic E-state index is 10.4. The summed E-state index contributed by atoms with van der Waals surface area (Å²) in [6, 6.07) is 3.78. The van der Waals surface area contributed by atoms with E-state index in [2.05, 4.69) is 20.9 Å². The number of nitrogens with two attached hydrogens (primary N) is 1. The summed E-state index contributed by atoms with van der Waals surface area (Å²) in [5.41, 5.74) is 7.47. The molecule has 0 saturated carbocycles. The van der Waals surface area contributed by atoms with Gasteiger partial charge in [0.2, 0.25) is 0 Å². The van der Waals surface area contributed by atoms with Gasteiger partial charge in [0, 0.05) is 26.0 Å². The van der Waals surface area contributed by atoms with Gasteiger partial charge < -0.3 is 10.8 Å². The van der Waals surface area contributed by atoms with Gasteiger partial charge >= 0.3 is 0 Å². The first-order chi connectivity index (χ1) is 8.00. The topological polar surface area (TPSA) is 59.1 Å². The summed E-state index contributed by atoms with van der Waals surface area (Å²) in [6.45, 7) is 3.93. The molecule has 0 bridgehead atoms. The van der Waals surface area contributed by atoms with Gasteiger partial charge in [-0.1, -0.05) is 0 Å². The number of pyridine rings is 1. The summed E-state index contributed by atoms with van der Waals surface area (Å²) < 4.78 is 1.01. The van der Waals surface area contributed by atoms with Gasteiger partial charge in [0.05, 0.1) is 0 Å². The second-order valence-corrected chi connectivity index (χ2v) is 6.02. The van der Waals surface area contributed by atoms with E-state index in [1.165, 1.54) is 0 Å². The molecule has 2 aromatic rings. The van der Waals surface area contributed by atoms with Crippen LogP contribution < -0.4 is 5.73 Å². The number of aryl methyl sites for hydroxylation is 2. The number of halogens is 1. The van der Waals surface area contributed by atoms with E-state index < -0.39 is 6.10 Å². The molecule has 0 fully saturated rings. The van der Waals surface area contributed by atoms with Crippen molar-refractivity contribution in [1.82, 2.24) is 4.98 Å². The molecule has 0 aromatic carbocycles. The lowest BCUT2D eigenvalue weighted by Crippen LogP contribution is -2.06. The molecule has 3 nitrogen and oxygen atoms in total. The lowest BCUT2D eigenvalue weighted by atomic mass is 10.0. The van der Waals surface area contributed by atoms with Crippen LogP contribution in [-0.4, -0.2) is 10.1 Å². The maximum atomic E-state index is 10.4. The van der Waals surface area contributed by atoms with Crippen molar-refractivity contribution >= 4 is 33.1 Å². The Morgan fingerprint density at radius 1 is 1.47 bits per heavy atom. The van der Waals surface area contributed by atoms with Crippen LogP contribution in [0.5, 0.6) is 0 Å². The monoisotopic (exact) mass is 312 g/mol. The van der Waals surface area contributed by atoms with Crippen molar-refractivity contribution in [2.45, 2.75) is 20.0 Å². The Balaban J connectivity index is 2.47. The van der Waals surface area contributed by atoms with Crippen LogP contribution in [0.4, 0.5) is 5.82 Å². The minimum atomic E-state index is -0.710. The molecular weight excluding hydrogens is 300 g/mol. The van der Waals surface area contributed by atoms with Crippen molar-refractivity contribution in [1.29, 1.82) is 0 Å². The number of nitrogens with zero attached hydrogens (tertiary/aromatic N) is 1. The molecule has 0 spiro atoms. The predicted octanol–water partition coefficient (Wildman–Crippen LogP) is 3.19. The molecule has 0 amide bonds. The minimum Gasteiger partial charge on any atom is -0.383 e. The average Bonchev–Trinajstić information content (AvgIpc) is 2.59. The summed E-state index contributed by atoms with van der Waals surface area (Å²) in [5.74, 6) is 0.389. The van der Waals surface area contributed by atoms with Crippen LogP contribution in [0.15, 0.2) is 22.8 Å². The number of aromatic nitrogens is 1. The Bertz CT molecular complexity index is 514. The normalized spacial score (nSPS) is 12.7. The Kier molecular flexibility index (Phi) is 3.51. The van der Waals surface area contributed by atoms with Gasteiger partial charge in [-0.05, 0) is 47.5 Å². The summed E-state index contributed by atoms with van der Waals surface area (Å²) in [7, 11) is 0. The zero-order chi connectivity index (χ0) is 12.6. The van der Waals surface area contributed by atoms with Crippen LogP contribution in [0.25, 0.3) is 0 Å². The third kappa shape index (κ3) is 2.36. The largest absolute Gasteiger partial charge is 0.383 e. The zero-order valence-corrected chi connectivity index (χ0v) is 12.0. The number of thiophene rings is 1. The second kappa shape index (κ2) is 4.76. The molecule has 2 rings (SSSR count). The maximum Gasteiger partial charge on any atom is 0.129 e. The third-order valence-corrected chi connectivity index (χ3v) is 4.85. The lowest BCUT2D eigenvalue weighted by molar-refractivity contribution is 0.224. The van der Waals surface area contributed by atoms with Crippen molar-refractivity contribution in [3.63, 3.8) is 0 Å². The van der Waals surface area contributed by atoms with E-state index >= 15 is 0 Å². The molecular formula is C12H13BrN2OS. The quantitative estimate of drug-likeness (QED) is 0.895. The van der Waals surface area contributed by atoms with Gasteiger partial charge in [0.1, 0.15) is 11.9 Å². The van der Waals surface area contributed by atoms with Crippen molar-refractivity contribution in [2.24, 2.45) is 0 Å². The molecule has 5 heteroatoms. The van der Waals surface area contributed by atoms with Crippen LogP contribution in [0.1, 0.15) is 27.0 Å². The highest BCUT2D eigenvalue weighted by Crippen LogP contribution is 2.36. The van der Waals surface area contributed by atoms with Crippen LogP contribution in [0.2, 0.25) is 0 Å². The molecule has 1 atom stereocenters. The molecule has 17 heavy (non-hydrogen) atoms. The Labute approximate surface area is 112 Å². The highest BCUT2D eigenvalue weighted by Gasteiger charge is 2.19. The molecule has 0 aliphatic rings. The summed E-state index contributed by atoms with van der Waals surface area (Å²) in [4.78, 5) is 6.04. The smallest absolute Gasteiger partial charge is 0.129 e. The number of aliphatic hydroxyl groups is 1. The second-order valence-electron chi connectivity index (χ2n) is 3.88. The molecule has 3 N–H and O–H groups in total. The van der Waals surface area contributed by atoms with E-state index in [1.54, 1.807) is 17.5 Å². The van der Waals surface area contributed by atoms with Gasteiger partial charge in [-0.15, -0.1) is 11.3 Å². The van der Waals surface area contributed by atoms with E-state index in [0.717, 1.165) is 19.8 Å². The number of aliphatic hydroxyl groups excluding tert-OH is 1. The highest BCUT2D eigenvalue weighted by atomic mass is 79.9. The van der Waals surface area contributed by atoms with Gasteiger partial charge in [-0.2, -0.15) is 0 Å². The summed E-state index contributed by atoms with van der Waals surface area (Å²) >= 11 is 5.00. The fraction of sp³-hybridized carbons (Fsp3) is 0.250. The van der Waals surface area contributed by atoms with Crippen molar-refractivity contribution < 1.29 is 5.11 Å².